The molecule has 2 fully saturated rings. The lowest BCUT2D eigenvalue weighted by molar-refractivity contribution is -0.134. The van der Waals surface area contributed by atoms with Crippen LogP contribution in [-0.2, 0) is 11.3 Å². The van der Waals surface area contributed by atoms with Crippen LogP contribution in [0.1, 0.15) is 31.7 Å². The largest absolute Gasteiger partial charge is 0.496 e. The number of rotatable bonds is 6. The number of benzene rings is 1. The molecule has 28 heavy (non-hydrogen) atoms. The van der Waals surface area contributed by atoms with Crippen LogP contribution < -0.4 is 10.1 Å². The fourth-order valence-electron chi connectivity index (χ4n) is 4.17. The lowest BCUT2D eigenvalue weighted by Crippen LogP contribution is -2.49. The molecule has 1 aromatic rings. The van der Waals surface area contributed by atoms with Crippen LogP contribution in [0.5, 0.6) is 5.75 Å². The Labute approximate surface area is 182 Å². The molecule has 0 saturated carbocycles. The van der Waals surface area contributed by atoms with Crippen LogP contribution in [0.25, 0.3) is 0 Å². The second-order valence-corrected chi connectivity index (χ2v) is 7.76. The fourth-order valence-corrected chi connectivity index (χ4v) is 4.17. The average Bonchev–Trinajstić information content (AvgIpc) is 2.69. The Balaban J connectivity index is 0.00000196. The molecule has 2 atom stereocenters. The van der Waals surface area contributed by atoms with Crippen LogP contribution in [-0.4, -0.2) is 62.1 Å². The van der Waals surface area contributed by atoms with Gasteiger partial charge in [-0.05, 0) is 43.8 Å². The summed E-state index contributed by atoms with van der Waals surface area (Å²) in [6.07, 6.45) is 3.19. The van der Waals surface area contributed by atoms with Crippen molar-refractivity contribution < 1.29 is 9.53 Å². The molecule has 2 heterocycles. The van der Waals surface area contributed by atoms with Gasteiger partial charge in [0.15, 0.2) is 0 Å². The number of methoxy groups -OCH3 is 1. The number of halogens is 2. The van der Waals surface area contributed by atoms with Gasteiger partial charge in [0, 0.05) is 44.7 Å². The van der Waals surface area contributed by atoms with E-state index < -0.39 is 0 Å². The molecule has 2 aliphatic rings. The van der Waals surface area contributed by atoms with E-state index in [0.717, 1.165) is 51.6 Å². The van der Waals surface area contributed by atoms with Gasteiger partial charge in [-0.2, -0.15) is 0 Å². The molecular weight excluding hydrogens is 397 g/mol. The number of hydrogen-bond donors (Lipinski definition) is 1. The number of nitrogens with zero attached hydrogens (tertiary/aromatic N) is 2. The number of carbonyl (C=O) groups is 1. The van der Waals surface area contributed by atoms with E-state index in [1.54, 1.807) is 7.11 Å². The Morgan fingerprint density at radius 3 is 2.57 bits per heavy atom. The first-order valence-corrected chi connectivity index (χ1v) is 10.00. The molecule has 3 rings (SSSR count). The highest BCUT2D eigenvalue weighted by Crippen LogP contribution is 2.24. The summed E-state index contributed by atoms with van der Waals surface area (Å²) >= 11 is 0. The Kier molecular flexibility index (Phi) is 11.2. The zero-order valence-electron chi connectivity index (χ0n) is 17.1. The zero-order valence-corrected chi connectivity index (χ0v) is 18.7. The number of ether oxygens (including phenoxy) is 1. The molecule has 2 saturated heterocycles. The summed E-state index contributed by atoms with van der Waals surface area (Å²) in [5, 5.41) is 3.46. The van der Waals surface area contributed by atoms with Gasteiger partial charge in [0.2, 0.25) is 5.91 Å². The maximum atomic E-state index is 12.7. The summed E-state index contributed by atoms with van der Waals surface area (Å²) < 4.78 is 5.45. The molecule has 0 aliphatic carbocycles. The Bertz CT molecular complexity index is 589. The van der Waals surface area contributed by atoms with Gasteiger partial charge in [-0.25, -0.2) is 0 Å². The third-order valence-electron chi connectivity index (χ3n) is 5.95. The predicted molar refractivity (Wildman–Crippen MR) is 119 cm³/mol. The van der Waals surface area contributed by atoms with Crippen LogP contribution in [0.3, 0.4) is 0 Å². The van der Waals surface area contributed by atoms with Gasteiger partial charge in [-0.3, -0.25) is 9.69 Å². The van der Waals surface area contributed by atoms with E-state index in [0.29, 0.717) is 24.2 Å². The van der Waals surface area contributed by atoms with Gasteiger partial charge in [0.1, 0.15) is 5.75 Å². The number of para-hydroxylation sites is 1. The third-order valence-corrected chi connectivity index (χ3v) is 5.95. The molecule has 0 spiro atoms. The van der Waals surface area contributed by atoms with Crippen LogP contribution in [0.4, 0.5) is 0 Å². The molecule has 1 aromatic carbocycles. The lowest BCUT2D eigenvalue weighted by Gasteiger charge is -2.36. The lowest BCUT2D eigenvalue weighted by atomic mass is 9.85. The first-order chi connectivity index (χ1) is 12.7. The van der Waals surface area contributed by atoms with Crippen LogP contribution in [0.15, 0.2) is 24.3 Å². The minimum atomic E-state index is 0. The fraction of sp³-hybridized carbons (Fsp3) is 0.667. The molecule has 1 amide bonds. The van der Waals surface area contributed by atoms with E-state index in [1.165, 1.54) is 18.4 Å². The van der Waals surface area contributed by atoms with Crippen LogP contribution >= 0.6 is 24.8 Å². The van der Waals surface area contributed by atoms with Crippen molar-refractivity contribution in [1.82, 2.24) is 15.1 Å². The highest BCUT2D eigenvalue weighted by molar-refractivity contribution is 5.85. The van der Waals surface area contributed by atoms with E-state index in [-0.39, 0.29) is 24.8 Å². The first kappa shape index (κ1) is 25.0. The third kappa shape index (κ3) is 6.80. The number of piperazine rings is 1. The smallest absolute Gasteiger partial charge is 0.222 e. The summed E-state index contributed by atoms with van der Waals surface area (Å²) in [4.78, 5) is 17.2. The molecule has 160 valence electrons. The molecule has 5 nitrogen and oxygen atoms in total. The second-order valence-electron chi connectivity index (χ2n) is 7.76. The molecule has 0 radical (unpaired) electrons. The quantitative estimate of drug-likeness (QED) is 0.750. The van der Waals surface area contributed by atoms with Gasteiger partial charge in [-0.15, -0.1) is 24.8 Å². The Morgan fingerprint density at radius 2 is 1.93 bits per heavy atom. The van der Waals surface area contributed by atoms with Crippen LogP contribution in [0.2, 0.25) is 0 Å². The van der Waals surface area contributed by atoms with Crippen molar-refractivity contribution in [3.8, 4) is 5.75 Å². The van der Waals surface area contributed by atoms with E-state index in [1.807, 2.05) is 12.1 Å². The maximum absolute atomic E-state index is 12.7. The molecule has 2 unspecified atom stereocenters. The number of hydrogen-bond acceptors (Lipinski definition) is 4. The minimum Gasteiger partial charge on any atom is -0.496 e. The van der Waals surface area contributed by atoms with Gasteiger partial charge in [0.25, 0.3) is 0 Å². The van der Waals surface area contributed by atoms with Crippen molar-refractivity contribution in [2.24, 2.45) is 11.8 Å². The van der Waals surface area contributed by atoms with Crippen molar-refractivity contribution in [3.63, 3.8) is 0 Å². The number of amides is 1. The summed E-state index contributed by atoms with van der Waals surface area (Å²) in [5.41, 5.74) is 1.22. The second kappa shape index (κ2) is 12.5. The Hall–Kier alpha value is -1.01. The maximum Gasteiger partial charge on any atom is 0.222 e. The predicted octanol–water partition coefficient (Wildman–Crippen LogP) is 3.21. The molecular formula is C21H35Cl2N3O2. The van der Waals surface area contributed by atoms with Gasteiger partial charge in [0.05, 0.1) is 7.11 Å². The molecule has 1 N–H and O–H groups in total. The van der Waals surface area contributed by atoms with Gasteiger partial charge >= 0.3 is 0 Å². The van der Waals surface area contributed by atoms with Crippen molar-refractivity contribution in [3.05, 3.63) is 29.8 Å². The minimum absolute atomic E-state index is 0. The SMILES string of the molecule is COc1ccccc1CN1CCN(C(=O)CC(C)C2CCCNC2)CC1.Cl.Cl. The highest BCUT2D eigenvalue weighted by atomic mass is 35.5. The standard InChI is InChI=1S/C21H33N3O2.2ClH/c1-17(18-7-5-9-22-15-18)14-21(25)24-12-10-23(11-13-24)16-19-6-3-4-8-20(19)26-2;;/h3-4,6,8,17-18,22H,5,7,9-16H2,1-2H3;2*1H. The molecule has 2 aliphatic heterocycles. The van der Waals surface area contributed by atoms with Crippen molar-refractivity contribution in [2.45, 2.75) is 32.7 Å². The van der Waals surface area contributed by atoms with Crippen molar-refractivity contribution in [2.75, 3.05) is 46.4 Å². The summed E-state index contributed by atoms with van der Waals surface area (Å²) in [5.74, 6) is 2.40. The monoisotopic (exact) mass is 431 g/mol. The normalized spacial score (nSPS) is 21.2. The van der Waals surface area contributed by atoms with Crippen molar-refractivity contribution >= 4 is 30.7 Å². The number of piperidine rings is 1. The summed E-state index contributed by atoms with van der Waals surface area (Å²) in [6, 6.07) is 8.19. The van der Waals surface area contributed by atoms with E-state index in [4.69, 9.17) is 4.74 Å². The van der Waals surface area contributed by atoms with Crippen LogP contribution in [0, 0.1) is 11.8 Å². The summed E-state index contributed by atoms with van der Waals surface area (Å²) in [7, 11) is 1.72. The van der Waals surface area contributed by atoms with E-state index in [2.05, 4.69) is 34.2 Å². The Morgan fingerprint density at radius 1 is 1.21 bits per heavy atom. The van der Waals surface area contributed by atoms with E-state index in [9.17, 15) is 4.79 Å². The number of nitrogens with one attached hydrogen (secondary N) is 1. The molecule has 0 aromatic heterocycles. The number of carbonyl (C=O) groups excluding carboxylic acids is 1. The van der Waals surface area contributed by atoms with E-state index >= 15 is 0 Å². The average molecular weight is 432 g/mol. The van der Waals surface area contributed by atoms with Gasteiger partial charge < -0.3 is 15.0 Å². The zero-order chi connectivity index (χ0) is 18.4. The molecule has 7 heteroatoms. The highest BCUT2D eigenvalue weighted by Gasteiger charge is 2.26. The first-order valence-electron chi connectivity index (χ1n) is 10.00. The molecule has 0 bridgehead atoms. The summed E-state index contributed by atoms with van der Waals surface area (Å²) in [6.45, 7) is 8.87. The van der Waals surface area contributed by atoms with Crippen molar-refractivity contribution in [1.29, 1.82) is 0 Å². The topological polar surface area (TPSA) is 44.8 Å². The van der Waals surface area contributed by atoms with Gasteiger partial charge in [-0.1, -0.05) is 25.1 Å².